The lowest BCUT2D eigenvalue weighted by atomic mass is 10.2. The molecule has 140 valence electrons. The summed E-state index contributed by atoms with van der Waals surface area (Å²) in [6.45, 7) is 3.56. The Bertz CT molecular complexity index is 735. The topological polar surface area (TPSA) is 85.0 Å². The largest absolute Gasteiger partial charge is 0.495 e. The number of ether oxygens (including phenoxy) is 2. The highest BCUT2D eigenvalue weighted by Crippen LogP contribution is 2.23. The van der Waals surface area contributed by atoms with Gasteiger partial charge in [-0.25, -0.2) is 9.98 Å². The first-order chi connectivity index (χ1) is 12.3. The second kappa shape index (κ2) is 10.2. The van der Waals surface area contributed by atoms with Gasteiger partial charge >= 0.3 is 0 Å². The van der Waals surface area contributed by atoms with Crippen molar-refractivity contribution in [2.45, 2.75) is 6.54 Å². The van der Waals surface area contributed by atoms with Crippen LogP contribution in [0.1, 0.15) is 5.56 Å². The average Bonchev–Trinajstić information content (AvgIpc) is 2.68. The van der Waals surface area contributed by atoms with E-state index in [4.69, 9.17) is 15.2 Å². The van der Waals surface area contributed by atoms with Crippen LogP contribution in [0.3, 0.4) is 0 Å². The number of morpholine rings is 1. The molecule has 0 spiro atoms. The first-order valence-corrected chi connectivity index (χ1v) is 8.24. The fraction of sp³-hybridized carbons (Fsp3) is 0.333. The van der Waals surface area contributed by atoms with Gasteiger partial charge in [-0.3, -0.25) is 0 Å². The van der Waals surface area contributed by atoms with Gasteiger partial charge in [0.1, 0.15) is 11.6 Å². The number of aliphatic imine (C=N–C) groups is 1. The minimum absolute atomic E-state index is 0. The van der Waals surface area contributed by atoms with E-state index in [1.165, 1.54) is 0 Å². The number of methoxy groups -OCH3 is 1. The van der Waals surface area contributed by atoms with Crippen LogP contribution in [0.5, 0.6) is 5.75 Å². The number of benzene rings is 1. The molecule has 0 radical (unpaired) electrons. The molecule has 3 rings (SSSR count). The highest BCUT2D eigenvalue weighted by Gasteiger charge is 2.15. The summed E-state index contributed by atoms with van der Waals surface area (Å²) in [6, 6.07) is 11.5. The maximum absolute atomic E-state index is 6.04. The average molecular weight is 469 g/mol. The Balaban J connectivity index is 0.00000243. The van der Waals surface area contributed by atoms with Crippen molar-refractivity contribution >= 4 is 41.4 Å². The number of halogens is 1. The van der Waals surface area contributed by atoms with Crippen LogP contribution in [0, 0.1) is 0 Å². The fourth-order valence-electron chi connectivity index (χ4n) is 2.71. The number of nitrogens with zero attached hydrogens (tertiary/aromatic N) is 3. The smallest absolute Gasteiger partial charge is 0.193 e. The Labute approximate surface area is 170 Å². The van der Waals surface area contributed by atoms with Crippen LogP contribution in [0.4, 0.5) is 11.5 Å². The molecule has 0 unspecified atom stereocenters. The van der Waals surface area contributed by atoms with E-state index in [1.54, 1.807) is 13.3 Å². The molecule has 1 saturated heterocycles. The summed E-state index contributed by atoms with van der Waals surface area (Å²) in [5.41, 5.74) is 7.85. The fourth-order valence-corrected chi connectivity index (χ4v) is 2.71. The van der Waals surface area contributed by atoms with E-state index in [2.05, 4.69) is 20.2 Å². The number of hydrogen-bond donors (Lipinski definition) is 2. The van der Waals surface area contributed by atoms with Crippen molar-refractivity contribution in [1.29, 1.82) is 0 Å². The van der Waals surface area contributed by atoms with Crippen LogP contribution in [-0.4, -0.2) is 44.4 Å². The van der Waals surface area contributed by atoms with Gasteiger partial charge in [0.25, 0.3) is 0 Å². The van der Waals surface area contributed by atoms with Gasteiger partial charge in [-0.1, -0.05) is 18.2 Å². The van der Waals surface area contributed by atoms with Crippen LogP contribution in [0.15, 0.2) is 47.6 Å². The molecule has 3 N–H and O–H groups in total. The van der Waals surface area contributed by atoms with Gasteiger partial charge in [-0.15, -0.1) is 24.0 Å². The number of aromatic nitrogens is 1. The number of nitrogens with one attached hydrogen (secondary N) is 1. The molecule has 1 aromatic heterocycles. The first-order valence-electron chi connectivity index (χ1n) is 8.24. The second-order valence-electron chi connectivity index (χ2n) is 5.61. The maximum atomic E-state index is 6.04. The Hall–Kier alpha value is -2.07. The molecule has 2 aromatic rings. The zero-order valence-corrected chi connectivity index (χ0v) is 17.1. The number of rotatable bonds is 5. The molecule has 1 aliphatic heterocycles. The number of para-hydroxylation sites is 2. The molecular weight excluding hydrogens is 445 g/mol. The molecule has 0 saturated carbocycles. The van der Waals surface area contributed by atoms with Crippen molar-refractivity contribution in [2.75, 3.05) is 43.6 Å². The maximum Gasteiger partial charge on any atom is 0.193 e. The molecule has 7 nitrogen and oxygen atoms in total. The van der Waals surface area contributed by atoms with E-state index < -0.39 is 0 Å². The molecule has 0 amide bonds. The molecule has 2 heterocycles. The predicted octanol–water partition coefficient (Wildman–Crippen LogP) is 2.47. The molecule has 8 heteroatoms. The van der Waals surface area contributed by atoms with Crippen LogP contribution in [-0.2, 0) is 11.3 Å². The number of guanidine groups is 1. The SMILES string of the molecule is COc1ccccc1NC(N)=NCc1cccnc1N1CCOCC1.I. The van der Waals surface area contributed by atoms with Crippen molar-refractivity contribution in [3.05, 3.63) is 48.2 Å². The highest BCUT2D eigenvalue weighted by molar-refractivity contribution is 14.0. The minimum atomic E-state index is 0. The Morgan fingerprint density at radius 3 is 2.81 bits per heavy atom. The molecule has 0 atom stereocenters. The lowest BCUT2D eigenvalue weighted by Crippen LogP contribution is -2.37. The molecular formula is C18H24IN5O2. The van der Waals surface area contributed by atoms with E-state index in [1.807, 2.05) is 36.4 Å². The quantitative estimate of drug-likeness (QED) is 0.398. The number of anilines is 2. The van der Waals surface area contributed by atoms with Gasteiger partial charge in [-0.05, 0) is 18.2 Å². The third-order valence-electron chi connectivity index (χ3n) is 3.97. The molecule has 0 aliphatic carbocycles. The zero-order chi connectivity index (χ0) is 17.5. The summed E-state index contributed by atoms with van der Waals surface area (Å²) < 4.78 is 10.7. The molecule has 1 fully saturated rings. The summed E-state index contributed by atoms with van der Waals surface area (Å²) >= 11 is 0. The van der Waals surface area contributed by atoms with E-state index in [0.29, 0.717) is 12.5 Å². The number of hydrogen-bond acceptors (Lipinski definition) is 5. The summed E-state index contributed by atoms with van der Waals surface area (Å²) in [4.78, 5) is 11.2. The van der Waals surface area contributed by atoms with Gasteiger partial charge in [0, 0.05) is 24.8 Å². The van der Waals surface area contributed by atoms with Crippen LogP contribution >= 0.6 is 24.0 Å². The van der Waals surface area contributed by atoms with Crippen LogP contribution < -0.4 is 20.7 Å². The first kappa shape index (κ1) is 20.2. The normalized spacial score (nSPS) is 14.5. The van der Waals surface area contributed by atoms with Crippen molar-refractivity contribution in [1.82, 2.24) is 4.98 Å². The Kier molecular flexibility index (Phi) is 7.92. The minimum Gasteiger partial charge on any atom is -0.495 e. The van der Waals surface area contributed by atoms with Crippen molar-refractivity contribution in [3.8, 4) is 5.75 Å². The molecule has 1 aliphatic rings. The van der Waals surface area contributed by atoms with Crippen LogP contribution in [0.25, 0.3) is 0 Å². The number of nitrogens with two attached hydrogens (primary N) is 1. The molecule has 1 aromatic carbocycles. The Morgan fingerprint density at radius 2 is 2.04 bits per heavy atom. The van der Waals surface area contributed by atoms with Crippen molar-refractivity contribution in [3.63, 3.8) is 0 Å². The van der Waals surface area contributed by atoms with Gasteiger partial charge in [0.05, 0.1) is 32.6 Å². The van der Waals surface area contributed by atoms with E-state index in [-0.39, 0.29) is 24.0 Å². The third-order valence-corrected chi connectivity index (χ3v) is 3.97. The van der Waals surface area contributed by atoms with E-state index in [0.717, 1.165) is 49.1 Å². The van der Waals surface area contributed by atoms with Gasteiger partial charge in [0.15, 0.2) is 5.96 Å². The summed E-state index contributed by atoms with van der Waals surface area (Å²) in [5.74, 6) is 2.00. The van der Waals surface area contributed by atoms with E-state index in [9.17, 15) is 0 Å². The van der Waals surface area contributed by atoms with Crippen molar-refractivity contribution < 1.29 is 9.47 Å². The second-order valence-corrected chi connectivity index (χ2v) is 5.61. The number of pyridine rings is 1. The third kappa shape index (κ3) is 5.21. The lowest BCUT2D eigenvalue weighted by Gasteiger charge is -2.29. The predicted molar refractivity (Wildman–Crippen MR) is 115 cm³/mol. The van der Waals surface area contributed by atoms with Gasteiger partial charge in [-0.2, -0.15) is 0 Å². The summed E-state index contributed by atoms with van der Waals surface area (Å²) in [5, 5.41) is 3.08. The molecule has 26 heavy (non-hydrogen) atoms. The summed E-state index contributed by atoms with van der Waals surface area (Å²) in [6.07, 6.45) is 1.80. The Morgan fingerprint density at radius 1 is 1.27 bits per heavy atom. The zero-order valence-electron chi connectivity index (χ0n) is 14.7. The van der Waals surface area contributed by atoms with E-state index >= 15 is 0 Å². The standard InChI is InChI=1S/C18H23N5O2.HI/c1-24-16-7-3-2-6-15(16)22-18(19)21-13-14-5-4-8-20-17(14)23-9-11-25-12-10-23;/h2-8H,9-13H2,1H3,(H3,19,21,22);1H. The lowest BCUT2D eigenvalue weighted by molar-refractivity contribution is 0.122. The van der Waals surface area contributed by atoms with Crippen LogP contribution in [0.2, 0.25) is 0 Å². The van der Waals surface area contributed by atoms with Gasteiger partial charge < -0.3 is 25.4 Å². The molecule has 0 bridgehead atoms. The summed E-state index contributed by atoms with van der Waals surface area (Å²) in [7, 11) is 1.62. The van der Waals surface area contributed by atoms with Gasteiger partial charge in [0.2, 0.25) is 0 Å². The monoisotopic (exact) mass is 469 g/mol. The van der Waals surface area contributed by atoms with Crippen molar-refractivity contribution in [2.24, 2.45) is 10.7 Å². The highest BCUT2D eigenvalue weighted by atomic mass is 127.